The molecule has 0 spiro atoms. The Labute approximate surface area is 151 Å². The maximum Gasteiger partial charge on any atom is 0.348 e. The van der Waals surface area contributed by atoms with Gasteiger partial charge in [0.25, 0.3) is 0 Å². The van der Waals surface area contributed by atoms with Crippen LogP contribution in [0.1, 0.15) is 25.6 Å². The van der Waals surface area contributed by atoms with E-state index in [4.69, 9.17) is 9.47 Å². The molecule has 1 amide bonds. The third-order valence-electron chi connectivity index (χ3n) is 3.16. The second kappa shape index (κ2) is 8.12. The summed E-state index contributed by atoms with van der Waals surface area (Å²) in [4.78, 5) is 36.2. The van der Waals surface area contributed by atoms with E-state index in [1.807, 2.05) is 0 Å². The standard InChI is InChI=1S/C14H16N4O5S2/c1-7-9(12(20)22-3)11(25-10(7)13(21)23-4)16-8(19)5-24-14-17-15-6-18(14)2/h6H,5H2,1-4H3,(H,16,19). The van der Waals surface area contributed by atoms with E-state index in [0.717, 1.165) is 11.3 Å². The number of anilines is 1. The molecule has 0 saturated carbocycles. The number of ether oxygens (including phenoxy) is 2. The van der Waals surface area contributed by atoms with Gasteiger partial charge in [-0.1, -0.05) is 11.8 Å². The van der Waals surface area contributed by atoms with Crippen molar-refractivity contribution in [3.8, 4) is 0 Å². The molecular weight excluding hydrogens is 368 g/mol. The van der Waals surface area contributed by atoms with Crippen LogP contribution in [0.25, 0.3) is 0 Å². The van der Waals surface area contributed by atoms with Gasteiger partial charge in [-0.05, 0) is 12.5 Å². The number of amides is 1. The van der Waals surface area contributed by atoms with Crippen molar-refractivity contribution in [2.45, 2.75) is 12.1 Å². The van der Waals surface area contributed by atoms with Gasteiger partial charge in [0.1, 0.15) is 16.2 Å². The van der Waals surface area contributed by atoms with E-state index in [-0.39, 0.29) is 27.1 Å². The molecule has 0 fully saturated rings. The fraction of sp³-hybridized carbons (Fsp3) is 0.357. The van der Waals surface area contributed by atoms with Crippen molar-refractivity contribution in [2.75, 3.05) is 25.3 Å². The molecule has 0 bridgehead atoms. The number of nitrogens with one attached hydrogen (secondary N) is 1. The van der Waals surface area contributed by atoms with Gasteiger partial charge in [-0.25, -0.2) is 9.59 Å². The molecule has 0 aliphatic heterocycles. The highest BCUT2D eigenvalue weighted by atomic mass is 32.2. The van der Waals surface area contributed by atoms with E-state index in [1.165, 1.54) is 32.3 Å². The smallest absolute Gasteiger partial charge is 0.348 e. The number of carbonyl (C=O) groups excluding carboxylic acids is 3. The monoisotopic (exact) mass is 384 g/mol. The number of thioether (sulfide) groups is 1. The molecule has 2 aromatic heterocycles. The molecule has 0 aliphatic carbocycles. The molecule has 9 nitrogen and oxygen atoms in total. The minimum atomic E-state index is -0.639. The van der Waals surface area contributed by atoms with E-state index < -0.39 is 11.9 Å². The van der Waals surface area contributed by atoms with Crippen molar-refractivity contribution in [1.82, 2.24) is 14.8 Å². The summed E-state index contributed by atoms with van der Waals surface area (Å²) in [6, 6.07) is 0. The molecule has 0 saturated heterocycles. The average Bonchev–Trinajstić information content (AvgIpc) is 3.14. The van der Waals surface area contributed by atoms with Crippen LogP contribution in [0, 0.1) is 6.92 Å². The molecular formula is C14H16N4O5S2. The Morgan fingerprint density at radius 1 is 1.28 bits per heavy atom. The van der Waals surface area contributed by atoms with Gasteiger partial charge >= 0.3 is 11.9 Å². The molecule has 0 aliphatic rings. The van der Waals surface area contributed by atoms with Crippen molar-refractivity contribution in [2.24, 2.45) is 7.05 Å². The summed E-state index contributed by atoms with van der Waals surface area (Å²) in [6.07, 6.45) is 1.53. The fourth-order valence-corrected chi connectivity index (χ4v) is 3.75. The van der Waals surface area contributed by atoms with Gasteiger partial charge in [0, 0.05) is 7.05 Å². The number of thiophene rings is 1. The lowest BCUT2D eigenvalue weighted by Crippen LogP contribution is -2.16. The van der Waals surface area contributed by atoms with Crippen LogP contribution in [-0.2, 0) is 21.3 Å². The van der Waals surface area contributed by atoms with Crippen molar-refractivity contribution >= 4 is 45.9 Å². The predicted molar refractivity (Wildman–Crippen MR) is 92.1 cm³/mol. The van der Waals surface area contributed by atoms with Gasteiger partial charge in [0.15, 0.2) is 5.16 Å². The largest absolute Gasteiger partial charge is 0.465 e. The van der Waals surface area contributed by atoms with E-state index in [1.54, 1.807) is 18.5 Å². The number of carbonyl (C=O) groups is 3. The summed E-state index contributed by atoms with van der Waals surface area (Å²) in [5, 5.41) is 11.1. The number of hydrogen-bond donors (Lipinski definition) is 1. The Hall–Kier alpha value is -2.40. The number of nitrogens with zero attached hydrogens (tertiary/aromatic N) is 3. The average molecular weight is 384 g/mol. The van der Waals surface area contributed by atoms with Crippen molar-refractivity contribution in [1.29, 1.82) is 0 Å². The molecule has 0 unspecified atom stereocenters. The lowest BCUT2D eigenvalue weighted by molar-refractivity contribution is -0.113. The Kier molecular flexibility index (Phi) is 6.15. The first-order valence-corrected chi connectivity index (χ1v) is 8.75. The molecule has 2 aromatic rings. The van der Waals surface area contributed by atoms with E-state index >= 15 is 0 Å². The van der Waals surface area contributed by atoms with E-state index in [0.29, 0.717) is 10.7 Å². The number of esters is 2. The lowest BCUT2D eigenvalue weighted by Gasteiger charge is -2.05. The van der Waals surface area contributed by atoms with Crippen LogP contribution < -0.4 is 5.32 Å². The highest BCUT2D eigenvalue weighted by Crippen LogP contribution is 2.34. The quantitative estimate of drug-likeness (QED) is 0.589. The maximum atomic E-state index is 12.2. The zero-order valence-corrected chi connectivity index (χ0v) is 15.6. The van der Waals surface area contributed by atoms with E-state index in [2.05, 4.69) is 15.5 Å². The first-order chi connectivity index (χ1) is 11.9. The van der Waals surface area contributed by atoms with Crippen LogP contribution in [0.4, 0.5) is 5.00 Å². The summed E-state index contributed by atoms with van der Waals surface area (Å²) < 4.78 is 11.1. The van der Waals surface area contributed by atoms with Crippen LogP contribution in [0.15, 0.2) is 11.5 Å². The first kappa shape index (κ1) is 18.9. The van der Waals surface area contributed by atoms with Crippen LogP contribution >= 0.6 is 23.1 Å². The molecule has 25 heavy (non-hydrogen) atoms. The summed E-state index contributed by atoms with van der Waals surface area (Å²) in [7, 11) is 4.24. The van der Waals surface area contributed by atoms with Crippen LogP contribution in [0.3, 0.4) is 0 Å². The zero-order valence-electron chi connectivity index (χ0n) is 14.0. The van der Waals surface area contributed by atoms with Gasteiger partial charge in [0.2, 0.25) is 5.91 Å². The summed E-state index contributed by atoms with van der Waals surface area (Å²) in [6.45, 7) is 1.60. The Bertz CT molecular complexity index is 814. The minimum Gasteiger partial charge on any atom is -0.465 e. The van der Waals surface area contributed by atoms with Gasteiger partial charge in [-0.3, -0.25) is 4.79 Å². The molecule has 2 heterocycles. The normalized spacial score (nSPS) is 10.4. The Balaban J connectivity index is 2.19. The third-order valence-corrected chi connectivity index (χ3v) is 5.38. The van der Waals surface area contributed by atoms with Crippen LogP contribution in [0.2, 0.25) is 0 Å². The third kappa shape index (κ3) is 4.17. The van der Waals surface area contributed by atoms with Crippen molar-refractivity contribution in [3.63, 3.8) is 0 Å². The minimum absolute atomic E-state index is 0.0671. The maximum absolute atomic E-state index is 12.2. The molecule has 1 N–H and O–H groups in total. The van der Waals surface area contributed by atoms with Crippen LogP contribution in [0.5, 0.6) is 0 Å². The van der Waals surface area contributed by atoms with Gasteiger partial charge in [-0.15, -0.1) is 21.5 Å². The number of methoxy groups -OCH3 is 2. The molecule has 0 atom stereocenters. The molecule has 0 radical (unpaired) electrons. The highest BCUT2D eigenvalue weighted by molar-refractivity contribution is 7.99. The molecule has 2 rings (SSSR count). The summed E-state index contributed by atoms with van der Waals surface area (Å²) in [5.74, 6) is -1.50. The second-order valence-corrected chi connectivity index (χ2v) is 6.77. The Morgan fingerprint density at radius 3 is 2.52 bits per heavy atom. The van der Waals surface area contributed by atoms with Gasteiger partial charge in [-0.2, -0.15) is 0 Å². The number of rotatable bonds is 6. The SMILES string of the molecule is COC(=O)c1sc(NC(=O)CSc2nncn2C)c(C(=O)OC)c1C. The fourth-order valence-electron chi connectivity index (χ4n) is 1.93. The second-order valence-electron chi connectivity index (χ2n) is 4.80. The predicted octanol–water partition coefficient (Wildman–Crippen LogP) is 1.49. The Morgan fingerprint density at radius 2 is 1.96 bits per heavy atom. The lowest BCUT2D eigenvalue weighted by atomic mass is 10.1. The summed E-state index contributed by atoms with van der Waals surface area (Å²) in [5.41, 5.74) is 0.546. The number of hydrogen-bond acceptors (Lipinski definition) is 9. The number of aryl methyl sites for hydroxylation is 1. The molecule has 0 aromatic carbocycles. The molecule has 11 heteroatoms. The molecule has 134 valence electrons. The van der Waals surface area contributed by atoms with Crippen LogP contribution in [-0.4, -0.2) is 52.6 Å². The summed E-state index contributed by atoms with van der Waals surface area (Å²) >= 11 is 2.16. The topological polar surface area (TPSA) is 112 Å². The van der Waals surface area contributed by atoms with E-state index in [9.17, 15) is 14.4 Å². The van der Waals surface area contributed by atoms with Crippen molar-refractivity contribution < 1.29 is 23.9 Å². The highest BCUT2D eigenvalue weighted by Gasteiger charge is 2.26. The van der Waals surface area contributed by atoms with Crippen molar-refractivity contribution in [3.05, 3.63) is 22.3 Å². The van der Waals surface area contributed by atoms with Gasteiger partial charge in [0.05, 0.1) is 25.5 Å². The zero-order chi connectivity index (χ0) is 18.6. The number of aromatic nitrogens is 3. The van der Waals surface area contributed by atoms with Gasteiger partial charge < -0.3 is 19.4 Å². The first-order valence-electron chi connectivity index (χ1n) is 6.95.